The first-order valence-corrected chi connectivity index (χ1v) is 5.11. The van der Waals surface area contributed by atoms with Gasteiger partial charge in [0.2, 0.25) is 0 Å². The fourth-order valence-electron chi connectivity index (χ4n) is 1.30. The number of benzene rings is 1. The quantitative estimate of drug-likeness (QED) is 0.668. The minimum absolute atomic E-state index is 0.0694. The minimum Gasteiger partial charge on any atom is -0.466 e. The molecule has 18 heavy (non-hydrogen) atoms. The first kappa shape index (κ1) is 14.1. The van der Waals surface area contributed by atoms with Crippen molar-refractivity contribution < 1.29 is 27.4 Å². The third-order valence-corrected chi connectivity index (χ3v) is 1.96. The summed E-state index contributed by atoms with van der Waals surface area (Å²) < 4.78 is 44.9. The Morgan fingerprint density at radius 1 is 1.39 bits per heavy atom. The van der Waals surface area contributed by atoms with Crippen molar-refractivity contribution in [2.45, 2.75) is 19.7 Å². The van der Waals surface area contributed by atoms with E-state index in [2.05, 4.69) is 9.47 Å². The average Bonchev–Trinajstić information content (AvgIpc) is 2.20. The first-order chi connectivity index (χ1) is 8.31. The van der Waals surface area contributed by atoms with Gasteiger partial charge in [-0.15, -0.1) is 13.2 Å². The second-order valence-corrected chi connectivity index (χ2v) is 3.40. The van der Waals surface area contributed by atoms with Gasteiger partial charge in [-0.25, -0.2) is 0 Å². The highest BCUT2D eigenvalue weighted by atomic mass is 19.4. The maximum Gasteiger partial charge on any atom is 0.573 e. The average molecular weight is 263 g/mol. The van der Waals surface area contributed by atoms with Crippen LogP contribution in [0.15, 0.2) is 18.2 Å². The lowest BCUT2D eigenvalue weighted by Crippen LogP contribution is -2.19. The molecule has 100 valence electrons. The van der Waals surface area contributed by atoms with E-state index in [4.69, 9.17) is 5.73 Å². The molecule has 0 saturated carbocycles. The number of hydrogen-bond donors (Lipinski definition) is 1. The van der Waals surface area contributed by atoms with Gasteiger partial charge in [-0.1, -0.05) is 6.07 Å². The van der Waals surface area contributed by atoms with Crippen molar-refractivity contribution in [3.05, 3.63) is 23.8 Å². The molecule has 0 amide bonds. The molecule has 0 saturated heterocycles. The minimum atomic E-state index is -4.84. The zero-order valence-corrected chi connectivity index (χ0v) is 9.58. The monoisotopic (exact) mass is 263 g/mol. The number of carbonyl (C=O) groups excluding carboxylic acids is 1. The number of rotatable bonds is 4. The summed E-state index contributed by atoms with van der Waals surface area (Å²) in [6, 6.07) is 3.70. The van der Waals surface area contributed by atoms with Crippen LogP contribution >= 0.6 is 0 Å². The molecule has 4 nitrogen and oxygen atoms in total. The number of carbonyl (C=O) groups is 1. The Morgan fingerprint density at radius 2 is 2.06 bits per heavy atom. The number of hydrogen-bond acceptors (Lipinski definition) is 4. The summed E-state index contributed by atoms with van der Waals surface area (Å²) in [6.45, 7) is 1.76. The summed E-state index contributed by atoms with van der Waals surface area (Å²) in [5, 5.41) is 0. The SMILES string of the molecule is CCOC(=O)Cc1ccc(N)cc1OC(F)(F)F. The van der Waals surface area contributed by atoms with Gasteiger partial charge in [-0.2, -0.15) is 0 Å². The number of alkyl halides is 3. The molecule has 0 spiro atoms. The summed E-state index contributed by atoms with van der Waals surface area (Å²) in [4.78, 5) is 11.2. The van der Waals surface area contributed by atoms with E-state index in [1.807, 2.05) is 0 Å². The van der Waals surface area contributed by atoms with E-state index in [1.54, 1.807) is 6.92 Å². The van der Waals surface area contributed by atoms with Crippen molar-refractivity contribution in [3.8, 4) is 5.75 Å². The third kappa shape index (κ3) is 4.52. The van der Waals surface area contributed by atoms with Crippen LogP contribution in [-0.2, 0) is 16.0 Å². The van der Waals surface area contributed by atoms with Crippen LogP contribution in [-0.4, -0.2) is 18.9 Å². The summed E-state index contributed by atoms with van der Waals surface area (Å²) in [6.07, 6.45) is -5.14. The lowest BCUT2D eigenvalue weighted by atomic mass is 10.1. The highest BCUT2D eigenvalue weighted by molar-refractivity contribution is 5.74. The normalized spacial score (nSPS) is 11.1. The van der Waals surface area contributed by atoms with E-state index < -0.39 is 18.1 Å². The molecule has 0 radical (unpaired) electrons. The molecule has 7 heteroatoms. The Bertz CT molecular complexity index is 432. The Morgan fingerprint density at radius 3 is 2.61 bits per heavy atom. The number of nitrogens with two attached hydrogens (primary N) is 1. The maximum absolute atomic E-state index is 12.2. The van der Waals surface area contributed by atoms with Gasteiger partial charge in [0.1, 0.15) is 5.75 Å². The Balaban J connectivity index is 2.93. The highest BCUT2D eigenvalue weighted by Gasteiger charge is 2.32. The van der Waals surface area contributed by atoms with Gasteiger partial charge in [0.05, 0.1) is 13.0 Å². The molecule has 0 bridgehead atoms. The largest absolute Gasteiger partial charge is 0.573 e. The van der Waals surface area contributed by atoms with Gasteiger partial charge in [0, 0.05) is 17.3 Å². The highest BCUT2D eigenvalue weighted by Crippen LogP contribution is 2.28. The molecule has 2 N–H and O–H groups in total. The van der Waals surface area contributed by atoms with Crippen LogP contribution in [0.3, 0.4) is 0 Å². The van der Waals surface area contributed by atoms with E-state index in [0.29, 0.717) is 0 Å². The summed E-state index contributed by atoms with van der Waals surface area (Å²) in [7, 11) is 0. The number of ether oxygens (including phenoxy) is 2. The molecule has 0 heterocycles. The first-order valence-electron chi connectivity index (χ1n) is 5.11. The molecule has 0 fully saturated rings. The van der Waals surface area contributed by atoms with Gasteiger partial charge in [-0.3, -0.25) is 4.79 Å². The zero-order chi connectivity index (χ0) is 13.8. The van der Waals surface area contributed by atoms with E-state index >= 15 is 0 Å². The summed E-state index contributed by atoms with van der Waals surface area (Å²) in [5.74, 6) is -1.12. The van der Waals surface area contributed by atoms with Crippen molar-refractivity contribution in [1.82, 2.24) is 0 Å². The molecule has 0 aliphatic heterocycles. The lowest BCUT2D eigenvalue weighted by Gasteiger charge is -2.13. The zero-order valence-electron chi connectivity index (χ0n) is 9.58. The lowest BCUT2D eigenvalue weighted by molar-refractivity contribution is -0.274. The van der Waals surface area contributed by atoms with Gasteiger partial charge in [-0.05, 0) is 13.0 Å². The van der Waals surface area contributed by atoms with Crippen molar-refractivity contribution in [3.63, 3.8) is 0 Å². The molecule has 0 unspecified atom stereocenters. The Labute approximate surface area is 101 Å². The molecule has 0 atom stereocenters. The van der Waals surface area contributed by atoms with Crippen LogP contribution in [0.4, 0.5) is 18.9 Å². The molecule has 1 rings (SSSR count). The smallest absolute Gasteiger partial charge is 0.466 e. The second kappa shape index (κ2) is 5.61. The topological polar surface area (TPSA) is 61.5 Å². The van der Waals surface area contributed by atoms with Crippen molar-refractivity contribution in [1.29, 1.82) is 0 Å². The van der Waals surface area contributed by atoms with Crippen LogP contribution in [0.1, 0.15) is 12.5 Å². The Hall–Kier alpha value is -1.92. The van der Waals surface area contributed by atoms with Gasteiger partial charge >= 0.3 is 12.3 Å². The predicted octanol–water partition coefficient (Wildman–Crippen LogP) is 2.27. The standard InChI is InChI=1S/C11H12F3NO3/c1-2-17-10(16)5-7-3-4-8(15)6-9(7)18-11(12,13)14/h3-4,6H,2,5,15H2,1H3. The van der Waals surface area contributed by atoms with Crippen molar-refractivity contribution in [2.24, 2.45) is 0 Å². The molecular formula is C11H12F3NO3. The maximum atomic E-state index is 12.2. The van der Waals surface area contributed by atoms with Crippen molar-refractivity contribution >= 4 is 11.7 Å². The van der Waals surface area contributed by atoms with Gasteiger partial charge in [0.15, 0.2) is 0 Å². The number of nitrogen functional groups attached to an aromatic ring is 1. The Kier molecular flexibility index (Phi) is 4.41. The second-order valence-electron chi connectivity index (χ2n) is 3.40. The molecule has 1 aromatic carbocycles. The fourth-order valence-corrected chi connectivity index (χ4v) is 1.30. The number of anilines is 1. The summed E-state index contributed by atoms with van der Waals surface area (Å²) in [5.41, 5.74) is 5.55. The molecule has 0 aromatic heterocycles. The van der Waals surface area contributed by atoms with E-state index in [1.165, 1.54) is 12.1 Å². The predicted molar refractivity (Wildman–Crippen MR) is 57.9 cm³/mol. The molecule has 0 aliphatic rings. The van der Waals surface area contributed by atoms with Crippen LogP contribution < -0.4 is 10.5 Å². The summed E-state index contributed by atoms with van der Waals surface area (Å²) >= 11 is 0. The third-order valence-electron chi connectivity index (χ3n) is 1.96. The van der Waals surface area contributed by atoms with E-state index in [9.17, 15) is 18.0 Å². The van der Waals surface area contributed by atoms with Crippen LogP contribution in [0.2, 0.25) is 0 Å². The van der Waals surface area contributed by atoms with Crippen molar-refractivity contribution in [2.75, 3.05) is 12.3 Å². The molecule has 1 aromatic rings. The molecular weight excluding hydrogens is 251 g/mol. The van der Waals surface area contributed by atoms with Gasteiger partial charge in [0.25, 0.3) is 0 Å². The van der Waals surface area contributed by atoms with E-state index in [0.717, 1.165) is 6.07 Å². The van der Waals surface area contributed by atoms with Crippen LogP contribution in [0.5, 0.6) is 5.75 Å². The number of esters is 1. The number of halogens is 3. The molecule has 0 aliphatic carbocycles. The van der Waals surface area contributed by atoms with E-state index in [-0.39, 0.29) is 24.3 Å². The fraction of sp³-hybridized carbons (Fsp3) is 0.364. The van der Waals surface area contributed by atoms with Crippen LogP contribution in [0.25, 0.3) is 0 Å². The van der Waals surface area contributed by atoms with Gasteiger partial charge < -0.3 is 15.2 Å². The van der Waals surface area contributed by atoms with Crippen LogP contribution in [0, 0.1) is 0 Å².